The van der Waals surface area contributed by atoms with Crippen LogP contribution in [0, 0.1) is 98.6 Å². The van der Waals surface area contributed by atoms with Crippen molar-refractivity contribution in [1.29, 1.82) is 0 Å². The minimum atomic E-state index is 0.443. The molecule has 7 rings (SSSR count). The van der Waals surface area contributed by atoms with Gasteiger partial charge >= 0.3 is 0 Å². The number of hydrogen-bond donors (Lipinski definition) is 0. The van der Waals surface area contributed by atoms with Gasteiger partial charge in [-0.2, -0.15) is 0 Å². The molecule has 0 aromatic heterocycles. The van der Waals surface area contributed by atoms with E-state index >= 15 is 0 Å². The fourth-order valence-corrected chi connectivity index (χ4v) is 14.5. The summed E-state index contributed by atoms with van der Waals surface area (Å²) in [5.74, 6) is 13.7. The molecule has 13 unspecified atom stereocenters. The molecular weight excluding hydrogens is 492 g/mol. The number of fused-ring (bicyclic) bond motifs is 10. The minimum Gasteiger partial charge on any atom is -0.0599 e. The predicted octanol–water partition coefficient (Wildman–Crippen LogP) is 12.1. The van der Waals surface area contributed by atoms with E-state index in [2.05, 4.69) is 62.3 Å². The number of hydrogen-bond acceptors (Lipinski definition) is 0. The molecule has 234 valence electrons. The van der Waals surface area contributed by atoms with E-state index in [1.807, 2.05) is 0 Å². The Hall–Kier alpha value is 0. The van der Waals surface area contributed by atoms with Crippen LogP contribution in [0.5, 0.6) is 0 Å². The molecule has 0 saturated heterocycles. The highest BCUT2D eigenvalue weighted by atomic mass is 14.7. The summed E-state index contributed by atoms with van der Waals surface area (Å²) < 4.78 is 0. The summed E-state index contributed by atoms with van der Waals surface area (Å²) in [4.78, 5) is 0. The highest BCUT2D eigenvalue weighted by Gasteiger charge is 2.68. The standard InChI is InChI=1S/C41H70/c1-38(2,3)28-14-15-32-36(22-28)41(23-29(39(4,5)6)21-30(24-41)40(7,8)9)35-17-16-31-33-19-26-13-11-10-12-25(26)18-27(33)20-34(31)37(32)35/h25-37H,10-24H2,1-9H3. The third-order valence-electron chi connectivity index (χ3n) is 16.7. The summed E-state index contributed by atoms with van der Waals surface area (Å²) in [5.41, 5.74) is 2.00. The first-order chi connectivity index (χ1) is 19.2. The fraction of sp³-hybridized carbons (Fsp3) is 1.00. The molecule has 41 heavy (non-hydrogen) atoms. The molecule has 0 N–H and O–H groups in total. The van der Waals surface area contributed by atoms with E-state index in [4.69, 9.17) is 0 Å². The van der Waals surface area contributed by atoms with Crippen molar-refractivity contribution in [2.45, 2.75) is 159 Å². The number of rotatable bonds is 0. The van der Waals surface area contributed by atoms with E-state index < -0.39 is 0 Å². The van der Waals surface area contributed by atoms with Gasteiger partial charge in [0.15, 0.2) is 0 Å². The predicted molar refractivity (Wildman–Crippen MR) is 175 cm³/mol. The maximum absolute atomic E-state index is 2.61. The zero-order chi connectivity index (χ0) is 29.1. The van der Waals surface area contributed by atoms with Crippen LogP contribution >= 0.6 is 0 Å². The molecule has 7 saturated carbocycles. The Morgan fingerprint density at radius 2 is 0.976 bits per heavy atom. The first kappa shape index (κ1) is 29.7. The van der Waals surface area contributed by atoms with Gasteiger partial charge in [-0.15, -0.1) is 0 Å². The molecule has 0 aromatic carbocycles. The zero-order valence-corrected chi connectivity index (χ0v) is 29.1. The summed E-state index contributed by atoms with van der Waals surface area (Å²) >= 11 is 0. The van der Waals surface area contributed by atoms with Crippen LogP contribution in [0.3, 0.4) is 0 Å². The SMILES string of the molecule is CC(C)(C)C1CCC2C3C4CC5CC6CCCCC6CC5C4CCC3C3(CC(C(C)(C)C)CC(C(C)(C)C)C3)C2C1. The lowest BCUT2D eigenvalue weighted by molar-refractivity contribution is -0.0789. The van der Waals surface area contributed by atoms with Gasteiger partial charge in [-0.3, -0.25) is 0 Å². The Balaban J connectivity index is 1.26. The van der Waals surface area contributed by atoms with E-state index in [0.29, 0.717) is 21.7 Å². The Labute approximate surface area is 256 Å². The molecule has 0 aromatic rings. The van der Waals surface area contributed by atoms with Crippen molar-refractivity contribution in [3.8, 4) is 0 Å². The van der Waals surface area contributed by atoms with Gasteiger partial charge in [-0.1, -0.05) is 88.0 Å². The van der Waals surface area contributed by atoms with Gasteiger partial charge in [-0.05, 0) is 169 Å². The van der Waals surface area contributed by atoms with Crippen molar-refractivity contribution < 1.29 is 0 Å². The van der Waals surface area contributed by atoms with Crippen molar-refractivity contribution in [1.82, 2.24) is 0 Å². The van der Waals surface area contributed by atoms with Crippen LogP contribution in [0.1, 0.15) is 159 Å². The smallest absolute Gasteiger partial charge is 0.0230 e. The van der Waals surface area contributed by atoms with Gasteiger partial charge < -0.3 is 0 Å². The molecule has 0 heterocycles. The quantitative estimate of drug-likeness (QED) is 0.275. The maximum atomic E-state index is 2.61. The van der Waals surface area contributed by atoms with Gasteiger partial charge in [0.05, 0.1) is 0 Å². The van der Waals surface area contributed by atoms with Crippen LogP contribution in [0.2, 0.25) is 0 Å². The molecule has 0 aliphatic heterocycles. The molecule has 7 fully saturated rings. The second-order valence-electron chi connectivity index (χ2n) is 21.2. The largest absolute Gasteiger partial charge is 0.0599 e. The molecule has 0 heteroatoms. The summed E-state index contributed by atoms with van der Waals surface area (Å²) in [5, 5.41) is 0. The first-order valence-corrected chi connectivity index (χ1v) is 19.2. The Bertz CT molecular complexity index is 928. The second-order valence-corrected chi connectivity index (χ2v) is 21.2. The molecule has 13 atom stereocenters. The average molecular weight is 563 g/mol. The van der Waals surface area contributed by atoms with Crippen molar-refractivity contribution in [2.75, 3.05) is 0 Å². The summed E-state index contributed by atoms with van der Waals surface area (Å²) in [6.07, 6.45) is 23.8. The molecule has 0 amide bonds. The van der Waals surface area contributed by atoms with E-state index in [-0.39, 0.29) is 0 Å². The molecule has 0 nitrogen and oxygen atoms in total. The van der Waals surface area contributed by atoms with Gasteiger partial charge in [0.25, 0.3) is 0 Å². The summed E-state index contributed by atoms with van der Waals surface area (Å²) in [6.45, 7) is 23.4. The van der Waals surface area contributed by atoms with Crippen molar-refractivity contribution in [2.24, 2.45) is 98.6 Å². The highest BCUT2D eigenvalue weighted by molar-refractivity contribution is 5.17. The Kier molecular flexibility index (Phi) is 7.24. The Morgan fingerprint density at radius 3 is 1.59 bits per heavy atom. The van der Waals surface area contributed by atoms with Crippen LogP contribution in [0.25, 0.3) is 0 Å². The lowest BCUT2D eigenvalue weighted by atomic mass is 9.48. The van der Waals surface area contributed by atoms with Crippen molar-refractivity contribution in [3.05, 3.63) is 0 Å². The van der Waals surface area contributed by atoms with Crippen LogP contribution < -0.4 is 0 Å². The molecule has 0 radical (unpaired) electrons. The average Bonchev–Trinajstić information content (AvgIpc) is 3.38. The van der Waals surface area contributed by atoms with Crippen LogP contribution in [0.4, 0.5) is 0 Å². The topological polar surface area (TPSA) is 0 Å². The third-order valence-corrected chi connectivity index (χ3v) is 16.7. The lowest BCUT2D eigenvalue weighted by Crippen LogP contribution is -2.49. The van der Waals surface area contributed by atoms with E-state index in [1.165, 1.54) is 12.8 Å². The third kappa shape index (κ3) is 4.86. The van der Waals surface area contributed by atoms with Gasteiger partial charge in [0.1, 0.15) is 0 Å². The van der Waals surface area contributed by atoms with Crippen LogP contribution in [-0.4, -0.2) is 0 Å². The van der Waals surface area contributed by atoms with Gasteiger partial charge in [0.2, 0.25) is 0 Å². The summed E-state index contributed by atoms with van der Waals surface area (Å²) in [7, 11) is 0. The first-order valence-electron chi connectivity index (χ1n) is 19.2. The Morgan fingerprint density at radius 1 is 0.415 bits per heavy atom. The van der Waals surface area contributed by atoms with E-state index in [9.17, 15) is 0 Å². The zero-order valence-electron chi connectivity index (χ0n) is 29.1. The normalized spacial score (nSPS) is 51.9. The monoisotopic (exact) mass is 563 g/mol. The van der Waals surface area contributed by atoms with Crippen LogP contribution in [0.15, 0.2) is 0 Å². The van der Waals surface area contributed by atoms with Crippen molar-refractivity contribution >= 4 is 0 Å². The van der Waals surface area contributed by atoms with E-state index in [0.717, 1.165) is 76.9 Å². The lowest BCUT2D eigenvalue weighted by Gasteiger charge is -2.57. The molecule has 7 aliphatic carbocycles. The van der Waals surface area contributed by atoms with Gasteiger partial charge in [0, 0.05) is 0 Å². The highest BCUT2D eigenvalue weighted by Crippen LogP contribution is 2.75. The fourth-order valence-electron chi connectivity index (χ4n) is 14.5. The molecule has 0 bridgehead atoms. The van der Waals surface area contributed by atoms with E-state index in [1.54, 1.807) is 83.5 Å². The molecule has 7 aliphatic rings. The minimum absolute atomic E-state index is 0.443. The van der Waals surface area contributed by atoms with Crippen LogP contribution in [-0.2, 0) is 0 Å². The maximum Gasteiger partial charge on any atom is -0.0230 e. The molecule has 1 spiro atoms. The van der Waals surface area contributed by atoms with Crippen molar-refractivity contribution in [3.63, 3.8) is 0 Å². The second kappa shape index (κ2) is 10.0. The molecular formula is C41H70. The summed E-state index contributed by atoms with van der Waals surface area (Å²) in [6, 6.07) is 0. The van der Waals surface area contributed by atoms with Gasteiger partial charge in [-0.25, -0.2) is 0 Å².